The van der Waals surface area contributed by atoms with Gasteiger partial charge in [0.15, 0.2) is 0 Å². The molecule has 1 aliphatic rings. The molecule has 0 spiro atoms. The maximum Gasteiger partial charge on any atom is 0.251 e. The molecule has 2 rings (SSSR count). The van der Waals surface area contributed by atoms with Gasteiger partial charge in [-0.25, -0.2) is 0 Å². The molecular formula is C15H22ClN3O2. The summed E-state index contributed by atoms with van der Waals surface area (Å²) >= 11 is 0. The first-order valence-corrected chi connectivity index (χ1v) is 7.08. The van der Waals surface area contributed by atoms with Crippen LogP contribution in [-0.4, -0.2) is 24.4 Å². The maximum absolute atomic E-state index is 11.8. The third-order valence-corrected chi connectivity index (χ3v) is 3.55. The average Bonchev–Trinajstić information content (AvgIpc) is 2.46. The summed E-state index contributed by atoms with van der Waals surface area (Å²) in [6, 6.07) is 6.88. The second kappa shape index (κ2) is 8.52. The second-order valence-electron chi connectivity index (χ2n) is 5.21. The van der Waals surface area contributed by atoms with Crippen LogP contribution in [0.15, 0.2) is 24.3 Å². The Morgan fingerprint density at radius 1 is 1.10 bits per heavy atom. The minimum atomic E-state index is -0.260. The lowest BCUT2D eigenvalue weighted by Gasteiger charge is -2.22. The number of amides is 2. The van der Waals surface area contributed by atoms with Crippen LogP contribution in [0.25, 0.3) is 0 Å². The monoisotopic (exact) mass is 311 g/mol. The molecule has 0 bridgehead atoms. The number of hydrogen-bond acceptors (Lipinski definition) is 3. The summed E-state index contributed by atoms with van der Waals surface area (Å²) in [5.41, 5.74) is 6.67. The molecule has 0 aliphatic heterocycles. The number of carbonyl (C=O) groups excluding carboxylic acids is 2. The average molecular weight is 312 g/mol. The van der Waals surface area contributed by atoms with Gasteiger partial charge in [0.25, 0.3) is 5.91 Å². The van der Waals surface area contributed by atoms with Crippen molar-refractivity contribution >= 4 is 29.9 Å². The Hall–Kier alpha value is -1.75. The molecule has 1 aliphatic carbocycles. The van der Waals surface area contributed by atoms with E-state index in [0.717, 1.165) is 12.8 Å². The number of rotatable bonds is 4. The number of hydrogen-bond donors (Lipinski definition) is 3. The minimum absolute atomic E-state index is 0. The number of benzene rings is 1. The zero-order valence-electron chi connectivity index (χ0n) is 11.9. The van der Waals surface area contributed by atoms with Crippen LogP contribution in [0.3, 0.4) is 0 Å². The molecule has 0 aromatic heterocycles. The van der Waals surface area contributed by atoms with Crippen LogP contribution in [0.2, 0.25) is 0 Å². The predicted octanol–water partition coefficient (Wildman–Crippen LogP) is 1.87. The van der Waals surface area contributed by atoms with Gasteiger partial charge in [0.1, 0.15) is 0 Å². The van der Waals surface area contributed by atoms with Gasteiger partial charge in [0, 0.05) is 17.3 Å². The SMILES string of the molecule is Cl.Nc1ccc(C(=O)NCC(=O)NC2CCCCC2)cc1. The molecule has 1 aromatic carbocycles. The zero-order valence-corrected chi connectivity index (χ0v) is 12.7. The number of anilines is 1. The Morgan fingerprint density at radius 3 is 2.33 bits per heavy atom. The van der Waals surface area contributed by atoms with E-state index in [2.05, 4.69) is 10.6 Å². The topological polar surface area (TPSA) is 84.2 Å². The molecule has 0 saturated heterocycles. The predicted molar refractivity (Wildman–Crippen MR) is 85.5 cm³/mol. The maximum atomic E-state index is 11.8. The van der Waals surface area contributed by atoms with Crippen LogP contribution in [0.1, 0.15) is 42.5 Å². The molecule has 4 N–H and O–H groups in total. The zero-order chi connectivity index (χ0) is 14.4. The second-order valence-corrected chi connectivity index (χ2v) is 5.21. The molecule has 21 heavy (non-hydrogen) atoms. The van der Waals surface area contributed by atoms with Crippen molar-refractivity contribution in [2.45, 2.75) is 38.1 Å². The molecule has 0 radical (unpaired) electrons. The third kappa shape index (κ3) is 5.63. The first-order valence-electron chi connectivity index (χ1n) is 7.08. The standard InChI is InChI=1S/C15H21N3O2.ClH/c16-12-8-6-11(7-9-12)15(20)17-10-14(19)18-13-4-2-1-3-5-13;/h6-9,13H,1-5,10,16H2,(H,17,20)(H,18,19);1H. The van der Waals surface area contributed by atoms with E-state index in [0.29, 0.717) is 11.3 Å². The van der Waals surface area contributed by atoms with E-state index in [1.165, 1.54) is 19.3 Å². The first kappa shape index (κ1) is 17.3. The van der Waals surface area contributed by atoms with Crippen molar-refractivity contribution in [2.24, 2.45) is 0 Å². The largest absolute Gasteiger partial charge is 0.399 e. The minimum Gasteiger partial charge on any atom is -0.399 e. The summed E-state index contributed by atoms with van der Waals surface area (Å²) in [5.74, 6) is -0.385. The quantitative estimate of drug-likeness (QED) is 0.742. The number of carbonyl (C=O) groups is 2. The lowest BCUT2D eigenvalue weighted by Crippen LogP contribution is -2.42. The Morgan fingerprint density at radius 2 is 1.71 bits per heavy atom. The van der Waals surface area contributed by atoms with E-state index in [1.54, 1.807) is 24.3 Å². The summed E-state index contributed by atoms with van der Waals surface area (Å²) in [4.78, 5) is 23.6. The summed E-state index contributed by atoms with van der Waals surface area (Å²) in [6.45, 7) is 0.0136. The number of nitrogens with two attached hydrogens (primary N) is 1. The molecule has 0 unspecified atom stereocenters. The highest BCUT2D eigenvalue weighted by Crippen LogP contribution is 2.17. The van der Waals surface area contributed by atoms with Gasteiger partial charge in [-0.2, -0.15) is 0 Å². The number of nitrogen functional groups attached to an aromatic ring is 1. The van der Waals surface area contributed by atoms with Crippen molar-refractivity contribution in [3.05, 3.63) is 29.8 Å². The molecule has 1 saturated carbocycles. The number of nitrogens with one attached hydrogen (secondary N) is 2. The van der Waals surface area contributed by atoms with Gasteiger partial charge in [0.2, 0.25) is 5.91 Å². The number of halogens is 1. The third-order valence-electron chi connectivity index (χ3n) is 3.55. The van der Waals surface area contributed by atoms with Crippen molar-refractivity contribution in [3.63, 3.8) is 0 Å². The molecule has 6 heteroatoms. The fourth-order valence-electron chi connectivity index (χ4n) is 2.42. The molecule has 0 heterocycles. The molecular weight excluding hydrogens is 290 g/mol. The van der Waals surface area contributed by atoms with Crippen LogP contribution in [0, 0.1) is 0 Å². The lowest BCUT2D eigenvalue weighted by molar-refractivity contribution is -0.121. The smallest absolute Gasteiger partial charge is 0.251 e. The van der Waals surface area contributed by atoms with E-state index in [9.17, 15) is 9.59 Å². The Bertz CT molecular complexity index is 470. The molecule has 116 valence electrons. The summed E-state index contributed by atoms with van der Waals surface area (Å²) in [6.07, 6.45) is 5.67. The molecule has 1 aromatic rings. The van der Waals surface area contributed by atoms with Crippen LogP contribution in [0.5, 0.6) is 0 Å². The van der Waals surface area contributed by atoms with E-state index in [-0.39, 0.29) is 36.8 Å². The van der Waals surface area contributed by atoms with E-state index in [1.807, 2.05) is 0 Å². The lowest BCUT2D eigenvalue weighted by atomic mass is 9.95. The Balaban J connectivity index is 0.00000220. The van der Waals surface area contributed by atoms with Crippen molar-refractivity contribution in [3.8, 4) is 0 Å². The van der Waals surface area contributed by atoms with Gasteiger partial charge in [-0.15, -0.1) is 12.4 Å². The van der Waals surface area contributed by atoms with Gasteiger partial charge >= 0.3 is 0 Å². The van der Waals surface area contributed by atoms with Crippen LogP contribution in [0.4, 0.5) is 5.69 Å². The van der Waals surface area contributed by atoms with Gasteiger partial charge in [-0.3, -0.25) is 9.59 Å². The molecule has 5 nitrogen and oxygen atoms in total. The first-order chi connectivity index (χ1) is 9.65. The Labute approximate surface area is 131 Å². The Kier molecular flexibility index (Phi) is 7.02. The van der Waals surface area contributed by atoms with Gasteiger partial charge in [0.05, 0.1) is 6.54 Å². The van der Waals surface area contributed by atoms with Crippen molar-refractivity contribution < 1.29 is 9.59 Å². The van der Waals surface area contributed by atoms with Crippen LogP contribution in [-0.2, 0) is 4.79 Å². The van der Waals surface area contributed by atoms with Crippen LogP contribution >= 0.6 is 12.4 Å². The normalized spacial score (nSPS) is 14.9. The van der Waals surface area contributed by atoms with Crippen molar-refractivity contribution in [2.75, 3.05) is 12.3 Å². The van der Waals surface area contributed by atoms with Gasteiger partial charge < -0.3 is 16.4 Å². The highest BCUT2D eigenvalue weighted by molar-refractivity contribution is 5.96. The highest BCUT2D eigenvalue weighted by Gasteiger charge is 2.16. The summed E-state index contributed by atoms with van der Waals surface area (Å²) in [7, 11) is 0. The molecule has 1 fully saturated rings. The fourth-order valence-corrected chi connectivity index (χ4v) is 2.42. The van der Waals surface area contributed by atoms with E-state index in [4.69, 9.17) is 5.73 Å². The summed E-state index contributed by atoms with van der Waals surface area (Å²) in [5, 5.41) is 5.58. The van der Waals surface area contributed by atoms with E-state index < -0.39 is 0 Å². The van der Waals surface area contributed by atoms with Crippen LogP contribution < -0.4 is 16.4 Å². The van der Waals surface area contributed by atoms with Gasteiger partial charge in [-0.1, -0.05) is 19.3 Å². The molecule has 2 amide bonds. The van der Waals surface area contributed by atoms with Crippen molar-refractivity contribution in [1.29, 1.82) is 0 Å². The molecule has 0 atom stereocenters. The highest BCUT2D eigenvalue weighted by atomic mass is 35.5. The van der Waals surface area contributed by atoms with Crippen molar-refractivity contribution in [1.82, 2.24) is 10.6 Å². The fraction of sp³-hybridized carbons (Fsp3) is 0.467. The van der Waals surface area contributed by atoms with E-state index >= 15 is 0 Å². The van der Waals surface area contributed by atoms with Gasteiger partial charge in [-0.05, 0) is 37.1 Å². The summed E-state index contributed by atoms with van der Waals surface area (Å²) < 4.78 is 0.